The van der Waals surface area contributed by atoms with Crippen molar-refractivity contribution in [3.63, 3.8) is 0 Å². The Morgan fingerprint density at radius 3 is 2.62 bits per heavy atom. The number of aliphatic hydroxyl groups excluding tert-OH is 1. The van der Waals surface area contributed by atoms with Crippen LogP contribution in [0.3, 0.4) is 0 Å². The van der Waals surface area contributed by atoms with Crippen molar-refractivity contribution in [3.8, 4) is 11.8 Å². The maximum Gasteiger partial charge on any atom is 0.123 e. The lowest BCUT2D eigenvalue weighted by molar-refractivity contribution is 0.0380. The van der Waals surface area contributed by atoms with E-state index in [9.17, 15) is 5.11 Å². The second-order valence-corrected chi connectivity index (χ2v) is 5.93. The van der Waals surface area contributed by atoms with Gasteiger partial charge < -0.3 is 9.84 Å². The summed E-state index contributed by atoms with van der Waals surface area (Å²) in [6.07, 6.45) is 3.09. The lowest BCUT2D eigenvalue weighted by Gasteiger charge is -2.40. The fourth-order valence-corrected chi connectivity index (χ4v) is 3.02. The minimum Gasteiger partial charge on any atom is -0.496 e. The summed E-state index contributed by atoms with van der Waals surface area (Å²) < 4.78 is 5.39. The number of piperidine rings is 1. The van der Waals surface area contributed by atoms with Crippen molar-refractivity contribution in [3.05, 3.63) is 29.3 Å². The molecule has 1 aliphatic heterocycles. The zero-order valence-corrected chi connectivity index (χ0v) is 12.9. The number of methoxy groups -OCH3 is 1. The first-order valence-electron chi connectivity index (χ1n) is 7.56. The summed E-state index contributed by atoms with van der Waals surface area (Å²) in [5.74, 6) is 0.837. The summed E-state index contributed by atoms with van der Waals surface area (Å²) in [4.78, 5) is 2.38. The third-order valence-electron chi connectivity index (χ3n) is 4.81. The normalized spacial score (nSPS) is 18.2. The highest BCUT2D eigenvalue weighted by atomic mass is 16.5. The molecule has 4 heteroatoms. The average Bonchev–Trinajstić information content (AvgIpc) is 2.55. The summed E-state index contributed by atoms with van der Waals surface area (Å²) in [7, 11) is 1.66. The van der Waals surface area contributed by atoms with Gasteiger partial charge in [0.2, 0.25) is 0 Å². The minimum absolute atomic E-state index is 0.106. The first kappa shape index (κ1) is 15.8. The molecule has 2 rings (SSSR count). The van der Waals surface area contributed by atoms with Gasteiger partial charge in [0.15, 0.2) is 0 Å². The largest absolute Gasteiger partial charge is 0.496 e. The number of nitrogens with zero attached hydrogens (tertiary/aromatic N) is 2. The molecular weight excluding hydrogens is 264 g/mol. The van der Waals surface area contributed by atoms with Crippen LogP contribution in [-0.2, 0) is 6.54 Å². The number of rotatable bonds is 5. The number of benzene rings is 1. The number of ether oxygens (including phenoxy) is 1. The molecule has 1 aromatic rings. The monoisotopic (exact) mass is 288 g/mol. The molecule has 21 heavy (non-hydrogen) atoms. The van der Waals surface area contributed by atoms with Gasteiger partial charge in [-0.3, -0.25) is 4.90 Å². The van der Waals surface area contributed by atoms with Crippen LogP contribution >= 0.6 is 0 Å². The van der Waals surface area contributed by atoms with Gasteiger partial charge in [0.1, 0.15) is 5.75 Å². The van der Waals surface area contributed by atoms with Crippen molar-refractivity contribution >= 4 is 0 Å². The summed E-state index contributed by atoms with van der Waals surface area (Å²) >= 11 is 0. The van der Waals surface area contributed by atoms with Crippen molar-refractivity contribution in [1.29, 1.82) is 5.26 Å². The van der Waals surface area contributed by atoms with Crippen LogP contribution in [0.4, 0.5) is 0 Å². The molecule has 0 amide bonds. The molecule has 114 valence electrons. The van der Waals surface area contributed by atoms with Crippen LogP contribution in [0, 0.1) is 16.7 Å². The van der Waals surface area contributed by atoms with E-state index in [4.69, 9.17) is 10.00 Å². The number of hydrogen-bond acceptors (Lipinski definition) is 4. The second kappa shape index (κ2) is 6.93. The van der Waals surface area contributed by atoms with Gasteiger partial charge in [-0.1, -0.05) is 6.92 Å². The maximum absolute atomic E-state index is 9.59. The fraction of sp³-hybridized carbons (Fsp3) is 0.588. The number of nitriles is 1. The van der Waals surface area contributed by atoms with Crippen molar-refractivity contribution in [2.75, 3.05) is 26.8 Å². The van der Waals surface area contributed by atoms with E-state index >= 15 is 0 Å². The zero-order valence-electron chi connectivity index (χ0n) is 12.9. The first-order valence-corrected chi connectivity index (χ1v) is 7.56. The molecular formula is C17H24N2O2. The topological polar surface area (TPSA) is 56.5 Å². The molecule has 0 spiro atoms. The SMILES string of the molecule is CCC1(CO)CCN(Cc2cc(C#N)ccc2OC)CC1. The van der Waals surface area contributed by atoms with E-state index in [-0.39, 0.29) is 12.0 Å². The lowest BCUT2D eigenvalue weighted by atomic mass is 9.77. The van der Waals surface area contributed by atoms with Gasteiger partial charge in [0.25, 0.3) is 0 Å². The summed E-state index contributed by atoms with van der Waals surface area (Å²) in [6.45, 7) is 5.20. The Morgan fingerprint density at radius 1 is 1.38 bits per heavy atom. The van der Waals surface area contributed by atoms with Gasteiger partial charge in [-0.2, -0.15) is 5.26 Å². The van der Waals surface area contributed by atoms with E-state index in [1.165, 1.54) is 0 Å². The number of hydrogen-bond donors (Lipinski definition) is 1. The van der Waals surface area contributed by atoms with Crippen LogP contribution in [0.25, 0.3) is 0 Å². The Hall–Kier alpha value is -1.57. The van der Waals surface area contributed by atoms with E-state index in [2.05, 4.69) is 17.9 Å². The minimum atomic E-state index is 0.106. The number of aliphatic hydroxyl groups is 1. The van der Waals surface area contributed by atoms with E-state index in [1.54, 1.807) is 13.2 Å². The molecule has 0 aromatic heterocycles. The zero-order chi connectivity index (χ0) is 15.3. The van der Waals surface area contributed by atoms with E-state index in [0.29, 0.717) is 5.56 Å². The molecule has 1 aliphatic rings. The Balaban J connectivity index is 2.05. The molecule has 0 aliphatic carbocycles. The summed E-state index contributed by atoms with van der Waals surface area (Å²) in [5.41, 5.74) is 1.83. The molecule has 0 radical (unpaired) electrons. The molecule has 4 nitrogen and oxygen atoms in total. The molecule has 0 atom stereocenters. The second-order valence-electron chi connectivity index (χ2n) is 5.93. The highest BCUT2D eigenvalue weighted by Gasteiger charge is 2.32. The highest BCUT2D eigenvalue weighted by Crippen LogP contribution is 2.35. The van der Waals surface area contributed by atoms with E-state index in [1.807, 2.05) is 12.1 Å². The van der Waals surface area contributed by atoms with E-state index < -0.39 is 0 Å². The van der Waals surface area contributed by atoms with Gasteiger partial charge in [-0.25, -0.2) is 0 Å². The summed E-state index contributed by atoms with van der Waals surface area (Å²) in [6, 6.07) is 7.74. The van der Waals surface area contributed by atoms with Crippen LogP contribution in [0.15, 0.2) is 18.2 Å². The Morgan fingerprint density at radius 2 is 2.10 bits per heavy atom. The maximum atomic E-state index is 9.59. The van der Waals surface area contributed by atoms with Gasteiger partial charge in [0, 0.05) is 18.7 Å². The molecule has 1 fully saturated rings. The van der Waals surface area contributed by atoms with Crippen LogP contribution in [0.5, 0.6) is 5.75 Å². The van der Waals surface area contributed by atoms with Gasteiger partial charge >= 0.3 is 0 Å². The third-order valence-corrected chi connectivity index (χ3v) is 4.81. The van der Waals surface area contributed by atoms with Crippen LogP contribution < -0.4 is 4.74 Å². The highest BCUT2D eigenvalue weighted by molar-refractivity contribution is 5.42. The fourth-order valence-electron chi connectivity index (χ4n) is 3.02. The van der Waals surface area contributed by atoms with Crippen molar-refractivity contribution in [2.24, 2.45) is 5.41 Å². The predicted molar refractivity (Wildman–Crippen MR) is 82.0 cm³/mol. The Kier molecular flexibility index (Phi) is 5.22. The molecule has 1 N–H and O–H groups in total. The van der Waals surface area contributed by atoms with Crippen molar-refractivity contribution < 1.29 is 9.84 Å². The van der Waals surface area contributed by atoms with Crippen LogP contribution in [-0.4, -0.2) is 36.8 Å². The molecule has 1 aromatic carbocycles. The molecule has 1 heterocycles. The Bertz CT molecular complexity index is 508. The summed E-state index contributed by atoms with van der Waals surface area (Å²) in [5, 5.41) is 18.6. The molecule has 0 saturated carbocycles. The van der Waals surface area contributed by atoms with Crippen LogP contribution in [0.1, 0.15) is 37.3 Å². The smallest absolute Gasteiger partial charge is 0.123 e. The molecule has 0 bridgehead atoms. The van der Waals surface area contributed by atoms with Crippen LogP contribution in [0.2, 0.25) is 0 Å². The van der Waals surface area contributed by atoms with Gasteiger partial charge in [-0.15, -0.1) is 0 Å². The quantitative estimate of drug-likeness (QED) is 0.904. The predicted octanol–water partition coefficient (Wildman–Crippen LogP) is 2.55. The third kappa shape index (κ3) is 3.55. The average molecular weight is 288 g/mol. The Labute approximate surface area is 127 Å². The molecule has 0 unspecified atom stereocenters. The van der Waals surface area contributed by atoms with Gasteiger partial charge in [-0.05, 0) is 56.0 Å². The lowest BCUT2D eigenvalue weighted by Crippen LogP contribution is -2.41. The number of likely N-dealkylation sites (tertiary alicyclic amines) is 1. The van der Waals surface area contributed by atoms with Crippen molar-refractivity contribution in [1.82, 2.24) is 4.90 Å². The van der Waals surface area contributed by atoms with Crippen molar-refractivity contribution in [2.45, 2.75) is 32.7 Å². The first-order chi connectivity index (χ1) is 10.2. The standard InChI is InChI=1S/C17H24N2O2/c1-3-17(13-20)6-8-19(9-7-17)12-15-10-14(11-18)4-5-16(15)21-2/h4-5,10,20H,3,6-9,12-13H2,1-2H3. The van der Waals surface area contributed by atoms with Gasteiger partial charge in [0.05, 0.1) is 18.7 Å². The van der Waals surface area contributed by atoms with E-state index in [0.717, 1.165) is 50.2 Å². The molecule has 1 saturated heterocycles.